The molecule has 0 amide bonds. The Labute approximate surface area is 98.4 Å². The van der Waals surface area contributed by atoms with Crippen LogP contribution in [-0.2, 0) is 0 Å². The van der Waals surface area contributed by atoms with E-state index in [1.54, 1.807) is 0 Å². The largest absolute Gasteiger partial charge is 1.00 e. The highest BCUT2D eigenvalue weighted by molar-refractivity contribution is 5.82. The lowest BCUT2D eigenvalue weighted by molar-refractivity contribution is -0.282. The Bertz CT molecular complexity index is 599. The van der Waals surface area contributed by atoms with Crippen molar-refractivity contribution in [2.45, 2.75) is 0 Å². The molecule has 0 atom stereocenters. The maximum atomic E-state index is 3.87. The summed E-state index contributed by atoms with van der Waals surface area (Å²) in [6.07, 6.45) is 4.09. The number of halogens is 1. The van der Waals surface area contributed by atoms with E-state index in [9.17, 15) is 0 Å². The summed E-state index contributed by atoms with van der Waals surface area (Å²) in [5, 5.41) is 5.06. The smallest absolute Gasteiger partial charge is 0.182 e. The first-order chi connectivity index (χ1) is 6.83. The van der Waals surface area contributed by atoms with E-state index in [4.69, 9.17) is 0 Å². The lowest BCUT2D eigenvalue weighted by Crippen LogP contribution is -3.00. The van der Waals surface area contributed by atoms with Gasteiger partial charge in [-0.15, -0.1) is 0 Å². The van der Waals surface area contributed by atoms with Crippen LogP contribution in [0.1, 0.15) is 0 Å². The molecular formula is C13H10BrN. The normalized spacial score (nSPS) is 12.7. The average molecular weight is 260 g/mol. The third-order valence-corrected chi connectivity index (χ3v) is 2.56. The van der Waals surface area contributed by atoms with Crippen LogP contribution < -0.4 is 27.4 Å². The summed E-state index contributed by atoms with van der Waals surface area (Å²) in [5.41, 5.74) is 0. The van der Waals surface area contributed by atoms with Crippen LogP contribution in [0.4, 0.5) is 0 Å². The van der Waals surface area contributed by atoms with Gasteiger partial charge in [0, 0.05) is 0 Å². The summed E-state index contributed by atoms with van der Waals surface area (Å²) in [6.45, 7) is 3.87. The van der Waals surface area contributed by atoms with Gasteiger partial charge in [0.2, 0.25) is 0 Å². The molecule has 0 spiro atoms. The van der Waals surface area contributed by atoms with Crippen LogP contribution in [0.2, 0.25) is 0 Å². The summed E-state index contributed by atoms with van der Waals surface area (Å²) >= 11 is 0. The summed E-state index contributed by atoms with van der Waals surface area (Å²) in [7, 11) is 0. The van der Waals surface area contributed by atoms with Crippen LogP contribution in [0.15, 0.2) is 36.4 Å². The van der Waals surface area contributed by atoms with Gasteiger partial charge in [0.15, 0.2) is 12.4 Å². The molecule has 1 aliphatic rings. The number of hydrogen-bond acceptors (Lipinski definition) is 0. The van der Waals surface area contributed by atoms with Crippen LogP contribution in [-0.4, -0.2) is 11.3 Å². The number of fused-ring (bicyclic) bond motifs is 2. The van der Waals surface area contributed by atoms with Crippen LogP contribution in [0.25, 0.3) is 23.2 Å². The predicted molar refractivity (Wildman–Crippen MR) is 59.5 cm³/mol. The third-order valence-electron chi connectivity index (χ3n) is 2.56. The minimum Gasteiger partial charge on any atom is -1.00 e. The second-order valence-electron chi connectivity index (χ2n) is 3.60. The van der Waals surface area contributed by atoms with Crippen molar-refractivity contribution in [2.75, 3.05) is 0 Å². The van der Waals surface area contributed by atoms with Crippen molar-refractivity contribution >= 4 is 29.9 Å². The highest BCUT2D eigenvalue weighted by Gasteiger charge is 2.03. The average Bonchev–Trinajstić information content (AvgIpc) is 2.53. The zero-order valence-corrected chi connectivity index (χ0v) is 9.74. The highest BCUT2D eigenvalue weighted by Crippen LogP contribution is 2.08. The van der Waals surface area contributed by atoms with E-state index in [1.807, 2.05) is 17.0 Å². The Balaban J connectivity index is 0.000000853. The van der Waals surface area contributed by atoms with E-state index in [-0.39, 0.29) is 17.0 Å². The molecule has 0 aromatic heterocycles. The molecule has 3 rings (SSSR count). The van der Waals surface area contributed by atoms with E-state index < -0.39 is 0 Å². The zero-order chi connectivity index (χ0) is 9.54. The molecule has 2 heteroatoms. The topological polar surface area (TPSA) is 3.01 Å². The second-order valence-corrected chi connectivity index (χ2v) is 3.60. The Hall–Kier alpha value is -1.41. The number of rotatable bonds is 0. The van der Waals surface area contributed by atoms with Crippen molar-refractivity contribution in [3.8, 4) is 0 Å². The zero-order valence-electron chi connectivity index (χ0n) is 8.15. The number of nitrogens with zero attached hydrogens (tertiary/aromatic N) is 1. The van der Waals surface area contributed by atoms with E-state index in [2.05, 4.69) is 43.1 Å². The van der Waals surface area contributed by atoms with Gasteiger partial charge in [-0.3, -0.25) is 0 Å². The van der Waals surface area contributed by atoms with E-state index in [0.717, 1.165) is 0 Å². The molecule has 2 aromatic rings. The summed E-state index contributed by atoms with van der Waals surface area (Å²) < 4.78 is 1.85. The molecule has 0 fully saturated rings. The molecule has 0 radical (unpaired) electrons. The van der Waals surface area contributed by atoms with Gasteiger partial charge in [-0.25, -0.2) is 0 Å². The maximum Gasteiger partial charge on any atom is 0.182 e. The van der Waals surface area contributed by atoms with Gasteiger partial charge in [-0.2, -0.15) is 4.58 Å². The Morgan fingerprint density at radius 2 is 1.33 bits per heavy atom. The van der Waals surface area contributed by atoms with Gasteiger partial charge in [0.05, 0.1) is 10.4 Å². The second kappa shape index (κ2) is 3.63. The summed E-state index contributed by atoms with van der Waals surface area (Å²) in [6, 6.07) is 12.8. The van der Waals surface area contributed by atoms with Crippen LogP contribution in [0, 0.1) is 0 Å². The van der Waals surface area contributed by atoms with Crippen molar-refractivity contribution < 1.29 is 21.6 Å². The first-order valence-electron chi connectivity index (χ1n) is 4.64. The quantitative estimate of drug-likeness (QED) is 0.484. The molecule has 0 N–H and O–H groups in total. The summed E-state index contributed by atoms with van der Waals surface area (Å²) in [5.74, 6) is 0. The van der Waals surface area contributed by atoms with Crippen molar-refractivity contribution in [1.29, 1.82) is 0 Å². The fourth-order valence-corrected chi connectivity index (χ4v) is 1.89. The van der Waals surface area contributed by atoms with Crippen molar-refractivity contribution in [3.63, 3.8) is 0 Å². The van der Waals surface area contributed by atoms with Crippen molar-refractivity contribution in [3.05, 3.63) is 46.8 Å². The molecule has 0 saturated heterocycles. The van der Waals surface area contributed by atoms with E-state index in [1.165, 1.54) is 21.2 Å². The number of benzene rings is 2. The van der Waals surface area contributed by atoms with Gasteiger partial charge in [-0.1, -0.05) is 24.3 Å². The standard InChI is InChI=1S/C13H10N.BrH/c1-14-8-12-6-10-4-2-3-5-11(10)7-13(12)9-14;/h2-9H,1H2;1H/q+1;/p-1. The molecule has 0 saturated carbocycles. The van der Waals surface area contributed by atoms with E-state index in [0.29, 0.717) is 0 Å². The minimum absolute atomic E-state index is 0. The van der Waals surface area contributed by atoms with Gasteiger partial charge in [-0.05, 0) is 22.9 Å². The SMILES string of the molecule is C=[N+]1C=c2cc3ccccc3cc2=C1.[Br-]. The monoisotopic (exact) mass is 259 g/mol. The third kappa shape index (κ3) is 1.61. The molecular weight excluding hydrogens is 250 g/mol. The molecule has 1 aliphatic heterocycles. The van der Waals surface area contributed by atoms with Crippen molar-refractivity contribution in [1.82, 2.24) is 0 Å². The predicted octanol–water partition coefficient (Wildman–Crippen LogP) is -1.95. The summed E-state index contributed by atoms with van der Waals surface area (Å²) in [4.78, 5) is 0. The molecule has 1 nitrogen and oxygen atoms in total. The van der Waals surface area contributed by atoms with Crippen molar-refractivity contribution in [2.24, 2.45) is 0 Å². The molecule has 0 bridgehead atoms. The van der Waals surface area contributed by atoms with Gasteiger partial charge in [0.25, 0.3) is 0 Å². The molecule has 74 valence electrons. The van der Waals surface area contributed by atoms with Gasteiger partial charge >= 0.3 is 0 Å². The van der Waals surface area contributed by atoms with Gasteiger partial charge in [0.1, 0.15) is 6.72 Å². The minimum atomic E-state index is 0. The Kier molecular flexibility index (Phi) is 2.45. The van der Waals surface area contributed by atoms with Gasteiger partial charge < -0.3 is 17.0 Å². The molecule has 2 aromatic carbocycles. The first kappa shape index (κ1) is 10.1. The van der Waals surface area contributed by atoms with Crippen LogP contribution in [0.5, 0.6) is 0 Å². The maximum absolute atomic E-state index is 3.87. The first-order valence-corrected chi connectivity index (χ1v) is 4.64. The van der Waals surface area contributed by atoms with Crippen LogP contribution >= 0.6 is 0 Å². The molecule has 0 unspecified atom stereocenters. The molecule has 0 aliphatic carbocycles. The highest BCUT2D eigenvalue weighted by atomic mass is 79.9. The Morgan fingerprint density at radius 1 is 0.867 bits per heavy atom. The van der Waals surface area contributed by atoms with E-state index >= 15 is 0 Å². The lowest BCUT2D eigenvalue weighted by Gasteiger charge is -1.93. The fraction of sp³-hybridized carbons (Fsp3) is 0. The molecule has 1 heterocycles. The lowest BCUT2D eigenvalue weighted by atomic mass is 10.1. The Morgan fingerprint density at radius 3 is 1.80 bits per heavy atom. The fourth-order valence-electron chi connectivity index (χ4n) is 1.89. The molecule has 15 heavy (non-hydrogen) atoms. The van der Waals surface area contributed by atoms with Crippen LogP contribution in [0.3, 0.4) is 0 Å². The number of hydrogen-bond donors (Lipinski definition) is 0.